The average molecular weight is 248 g/mol. The van der Waals surface area contributed by atoms with Gasteiger partial charge in [-0.2, -0.15) is 0 Å². The Kier molecular flexibility index (Phi) is 3.72. The Bertz CT molecular complexity index is 485. The molecule has 0 spiro atoms. The Hall–Kier alpha value is -2.05. The highest BCUT2D eigenvalue weighted by Gasteiger charge is 2.27. The van der Waals surface area contributed by atoms with E-state index in [-0.39, 0.29) is 0 Å². The smallest absolute Gasteiger partial charge is 0.343 e. The monoisotopic (exact) mass is 248 g/mol. The molecule has 0 atom stereocenters. The van der Waals surface area contributed by atoms with Gasteiger partial charge in [0, 0.05) is 0 Å². The van der Waals surface area contributed by atoms with E-state index in [0.717, 1.165) is 14.2 Å². The first-order valence-corrected chi connectivity index (χ1v) is 4.28. The fourth-order valence-electron chi connectivity index (χ4n) is 1.14. The largest absolute Gasteiger partial charge is 0.465 e. The number of hydrogen-bond acceptors (Lipinski definition) is 4. The maximum atomic E-state index is 13.3. The Morgan fingerprint density at radius 2 is 1.53 bits per heavy atom. The van der Waals surface area contributed by atoms with E-state index < -0.39 is 40.5 Å². The second-order valence-corrected chi connectivity index (χ2v) is 2.89. The minimum Gasteiger partial charge on any atom is -0.465 e. The van der Waals surface area contributed by atoms with Gasteiger partial charge in [0.2, 0.25) is 0 Å². The van der Waals surface area contributed by atoms with Crippen LogP contribution in [0.2, 0.25) is 0 Å². The third-order valence-electron chi connectivity index (χ3n) is 1.95. The molecule has 0 aliphatic carbocycles. The molecule has 0 aromatic heterocycles. The van der Waals surface area contributed by atoms with E-state index >= 15 is 0 Å². The first kappa shape index (κ1) is 13.0. The molecule has 0 saturated heterocycles. The lowest BCUT2D eigenvalue weighted by Gasteiger charge is -2.07. The molecule has 0 aliphatic heterocycles. The van der Waals surface area contributed by atoms with Crippen molar-refractivity contribution in [3.05, 3.63) is 34.6 Å². The Balaban J connectivity index is 3.47. The Morgan fingerprint density at radius 1 is 1.00 bits per heavy atom. The van der Waals surface area contributed by atoms with Crippen LogP contribution in [-0.4, -0.2) is 26.2 Å². The van der Waals surface area contributed by atoms with Crippen molar-refractivity contribution < 1.29 is 32.2 Å². The minimum absolute atomic E-state index is 0.372. The molecular weight excluding hydrogens is 241 g/mol. The molecule has 7 heteroatoms. The average Bonchev–Trinajstić information content (AvgIpc) is 2.32. The van der Waals surface area contributed by atoms with Gasteiger partial charge in [0.15, 0.2) is 11.6 Å². The number of carbonyl (C=O) groups excluding carboxylic acids is 2. The lowest BCUT2D eigenvalue weighted by molar-refractivity contribution is 0.0570. The third kappa shape index (κ3) is 2.22. The fraction of sp³-hybridized carbons (Fsp3) is 0.200. The molecule has 0 saturated carbocycles. The number of halogens is 3. The summed E-state index contributed by atoms with van der Waals surface area (Å²) < 4.78 is 48.2. The second-order valence-electron chi connectivity index (χ2n) is 2.89. The van der Waals surface area contributed by atoms with E-state index in [4.69, 9.17) is 0 Å². The zero-order chi connectivity index (χ0) is 13.2. The van der Waals surface area contributed by atoms with E-state index in [1.54, 1.807) is 0 Å². The van der Waals surface area contributed by atoms with Crippen LogP contribution in [0.1, 0.15) is 20.7 Å². The van der Waals surface area contributed by atoms with Gasteiger partial charge in [0.1, 0.15) is 16.9 Å². The molecule has 17 heavy (non-hydrogen) atoms. The summed E-state index contributed by atoms with van der Waals surface area (Å²) in [7, 11) is 1.80. The van der Waals surface area contributed by atoms with Gasteiger partial charge in [-0.15, -0.1) is 0 Å². The predicted octanol–water partition coefficient (Wildman–Crippen LogP) is 1.68. The summed E-state index contributed by atoms with van der Waals surface area (Å²) >= 11 is 0. The molecular formula is C10H7F3O4. The summed E-state index contributed by atoms with van der Waals surface area (Å²) in [4.78, 5) is 22.0. The molecule has 0 radical (unpaired) electrons. The van der Waals surface area contributed by atoms with Crippen molar-refractivity contribution in [2.24, 2.45) is 0 Å². The molecule has 1 aromatic rings. The third-order valence-corrected chi connectivity index (χ3v) is 1.95. The van der Waals surface area contributed by atoms with Gasteiger partial charge in [-0.05, 0) is 6.07 Å². The van der Waals surface area contributed by atoms with Gasteiger partial charge >= 0.3 is 11.9 Å². The summed E-state index contributed by atoms with van der Waals surface area (Å²) in [5.74, 6) is -7.50. The fourth-order valence-corrected chi connectivity index (χ4v) is 1.14. The van der Waals surface area contributed by atoms with Crippen molar-refractivity contribution in [2.45, 2.75) is 0 Å². The van der Waals surface area contributed by atoms with Crippen molar-refractivity contribution in [3.8, 4) is 0 Å². The van der Waals surface area contributed by atoms with Crippen LogP contribution >= 0.6 is 0 Å². The highest BCUT2D eigenvalue weighted by Crippen LogP contribution is 2.21. The highest BCUT2D eigenvalue weighted by atomic mass is 19.2. The molecule has 0 aliphatic rings. The first-order valence-electron chi connectivity index (χ1n) is 4.28. The predicted molar refractivity (Wildman–Crippen MR) is 49.0 cm³/mol. The van der Waals surface area contributed by atoms with Crippen molar-refractivity contribution in [3.63, 3.8) is 0 Å². The van der Waals surface area contributed by atoms with Crippen LogP contribution in [0.4, 0.5) is 13.2 Å². The van der Waals surface area contributed by atoms with Crippen LogP contribution in [0.5, 0.6) is 0 Å². The summed E-state index contributed by atoms with van der Waals surface area (Å²) in [6.07, 6.45) is 0. The second kappa shape index (κ2) is 4.86. The van der Waals surface area contributed by atoms with Crippen LogP contribution in [0.3, 0.4) is 0 Å². The molecule has 0 fully saturated rings. The SMILES string of the molecule is COC(=O)c1cc(F)c(C(=O)OC)c(F)c1F. The number of ether oxygens (including phenoxy) is 2. The summed E-state index contributed by atoms with van der Waals surface area (Å²) in [5.41, 5.74) is -2.13. The number of esters is 2. The molecule has 92 valence electrons. The number of benzene rings is 1. The van der Waals surface area contributed by atoms with E-state index in [0.29, 0.717) is 6.07 Å². The molecule has 0 unspecified atom stereocenters. The van der Waals surface area contributed by atoms with Crippen molar-refractivity contribution >= 4 is 11.9 Å². The van der Waals surface area contributed by atoms with Gasteiger partial charge in [0.05, 0.1) is 14.2 Å². The molecule has 4 nitrogen and oxygen atoms in total. The lowest BCUT2D eigenvalue weighted by atomic mass is 10.1. The van der Waals surface area contributed by atoms with Gasteiger partial charge in [-0.3, -0.25) is 0 Å². The Labute approximate surface area is 93.9 Å². The van der Waals surface area contributed by atoms with Gasteiger partial charge < -0.3 is 9.47 Å². The van der Waals surface area contributed by atoms with Gasteiger partial charge in [-0.25, -0.2) is 22.8 Å². The van der Waals surface area contributed by atoms with Crippen LogP contribution in [0.25, 0.3) is 0 Å². The van der Waals surface area contributed by atoms with Gasteiger partial charge in [0.25, 0.3) is 0 Å². The maximum absolute atomic E-state index is 13.3. The van der Waals surface area contributed by atoms with Crippen molar-refractivity contribution in [1.82, 2.24) is 0 Å². The van der Waals surface area contributed by atoms with Crippen LogP contribution in [0.15, 0.2) is 6.07 Å². The normalized spacial score (nSPS) is 9.94. The van der Waals surface area contributed by atoms with Crippen molar-refractivity contribution in [1.29, 1.82) is 0 Å². The van der Waals surface area contributed by atoms with E-state index in [1.807, 2.05) is 0 Å². The lowest BCUT2D eigenvalue weighted by Crippen LogP contribution is -2.14. The summed E-state index contributed by atoms with van der Waals surface area (Å²) in [5, 5.41) is 0. The topological polar surface area (TPSA) is 52.6 Å². The standard InChI is InChI=1S/C10H7F3O4/c1-16-9(14)4-3-5(11)6(10(15)17-2)8(13)7(4)12/h3H,1-2H3. The zero-order valence-electron chi connectivity index (χ0n) is 8.84. The quantitative estimate of drug-likeness (QED) is 0.590. The van der Waals surface area contributed by atoms with E-state index in [1.165, 1.54) is 0 Å². The molecule has 0 heterocycles. The first-order chi connectivity index (χ1) is 7.93. The molecule has 1 aromatic carbocycles. The number of hydrogen-bond donors (Lipinski definition) is 0. The molecule has 0 amide bonds. The number of carbonyl (C=O) groups is 2. The maximum Gasteiger partial charge on any atom is 0.343 e. The highest BCUT2D eigenvalue weighted by molar-refractivity contribution is 5.94. The van der Waals surface area contributed by atoms with Gasteiger partial charge in [-0.1, -0.05) is 0 Å². The zero-order valence-corrected chi connectivity index (χ0v) is 8.84. The van der Waals surface area contributed by atoms with Crippen LogP contribution in [-0.2, 0) is 9.47 Å². The van der Waals surface area contributed by atoms with E-state index in [9.17, 15) is 22.8 Å². The molecule has 1 rings (SSSR count). The van der Waals surface area contributed by atoms with Crippen LogP contribution < -0.4 is 0 Å². The minimum atomic E-state index is -1.79. The molecule has 0 N–H and O–H groups in total. The number of methoxy groups -OCH3 is 2. The number of rotatable bonds is 2. The van der Waals surface area contributed by atoms with E-state index in [2.05, 4.69) is 9.47 Å². The van der Waals surface area contributed by atoms with Crippen LogP contribution in [0, 0.1) is 17.5 Å². The summed E-state index contributed by atoms with van der Waals surface area (Å²) in [6.45, 7) is 0. The van der Waals surface area contributed by atoms with Crippen molar-refractivity contribution in [2.75, 3.05) is 14.2 Å². The summed E-state index contributed by atoms with van der Waals surface area (Å²) in [6, 6.07) is 0.372. The Morgan fingerprint density at radius 3 is 2.00 bits per heavy atom. The molecule has 0 bridgehead atoms.